The lowest BCUT2D eigenvalue weighted by molar-refractivity contribution is -0.139. The van der Waals surface area contributed by atoms with Crippen molar-refractivity contribution in [2.75, 3.05) is 6.61 Å². The second kappa shape index (κ2) is 6.27. The van der Waals surface area contributed by atoms with Gasteiger partial charge in [0, 0.05) is 5.56 Å². The Labute approximate surface area is 140 Å². The minimum Gasteiger partial charge on any atom is -0.462 e. The maximum atomic E-state index is 14.4. The van der Waals surface area contributed by atoms with Gasteiger partial charge >= 0.3 is 11.7 Å². The lowest BCUT2D eigenvalue weighted by atomic mass is 9.84. The summed E-state index contributed by atoms with van der Waals surface area (Å²) in [4.78, 5) is 40.5. The van der Waals surface area contributed by atoms with Gasteiger partial charge in [-0.05, 0) is 13.0 Å². The summed E-state index contributed by atoms with van der Waals surface area (Å²) < 4.78 is 24.6. The van der Waals surface area contributed by atoms with Gasteiger partial charge in [-0.1, -0.05) is 18.2 Å². The average molecular weight is 347 g/mol. The van der Waals surface area contributed by atoms with E-state index in [-0.39, 0.29) is 35.1 Å². The molecule has 0 amide bonds. The van der Waals surface area contributed by atoms with Crippen molar-refractivity contribution in [1.29, 1.82) is 0 Å². The van der Waals surface area contributed by atoms with Crippen molar-refractivity contribution >= 4 is 5.97 Å². The summed E-state index contributed by atoms with van der Waals surface area (Å²) in [5.41, 5.74) is 3.84. The van der Waals surface area contributed by atoms with Gasteiger partial charge in [0.15, 0.2) is 0 Å². The topological polar surface area (TPSA) is 127 Å². The fraction of sp³-hybridized carbons (Fsp3) is 0.188. The molecule has 1 aromatic heterocycles. The summed E-state index contributed by atoms with van der Waals surface area (Å²) in [5, 5.41) is 0. The zero-order valence-corrected chi connectivity index (χ0v) is 13.1. The Kier molecular flexibility index (Phi) is 4.14. The van der Waals surface area contributed by atoms with Crippen LogP contribution >= 0.6 is 0 Å². The monoisotopic (exact) mass is 347 g/mol. The molecule has 8 nitrogen and oxygen atoms in total. The molecule has 2 aromatic rings. The van der Waals surface area contributed by atoms with Gasteiger partial charge in [0.25, 0.3) is 5.56 Å². The van der Waals surface area contributed by atoms with Crippen LogP contribution in [0, 0.1) is 5.82 Å². The number of hydrogen-bond acceptors (Lipinski definition) is 6. The highest BCUT2D eigenvalue weighted by Crippen LogP contribution is 2.40. The van der Waals surface area contributed by atoms with Gasteiger partial charge in [-0.2, -0.15) is 0 Å². The van der Waals surface area contributed by atoms with Crippen molar-refractivity contribution in [2.45, 2.75) is 12.8 Å². The number of aromatic nitrogens is 2. The summed E-state index contributed by atoms with van der Waals surface area (Å²) in [6.45, 7) is 1.64. The van der Waals surface area contributed by atoms with Gasteiger partial charge in [0.2, 0.25) is 11.8 Å². The molecule has 3 rings (SSSR count). The van der Waals surface area contributed by atoms with Gasteiger partial charge in [-0.15, -0.1) is 0 Å². The molecular formula is C16H14FN3O5. The number of H-pyrrole nitrogens is 2. The number of carbonyl (C=O) groups excluding carboxylic acids is 1. The van der Waals surface area contributed by atoms with Crippen LogP contribution < -0.4 is 21.7 Å². The van der Waals surface area contributed by atoms with Crippen LogP contribution in [0.2, 0.25) is 0 Å². The lowest BCUT2D eigenvalue weighted by Crippen LogP contribution is -2.36. The van der Waals surface area contributed by atoms with Crippen molar-refractivity contribution in [3.05, 3.63) is 73.5 Å². The predicted octanol–water partition coefficient (Wildman–Crippen LogP) is 0.460. The van der Waals surface area contributed by atoms with Crippen LogP contribution in [0.5, 0.6) is 5.88 Å². The van der Waals surface area contributed by atoms with Crippen LogP contribution in [-0.4, -0.2) is 22.5 Å². The summed E-state index contributed by atoms with van der Waals surface area (Å²) >= 11 is 0. The van der Waals surface area contributed by atoms with Crippen LogP contribution in [-0.2, 0) is 9.53 Å². The molecule has 0 radical (unpaired) electrons. The fourth-order valence-corrected chi connectivity index (χ4v) is 2.72. The smallest absolute Gasteiger partial charge is 0.340 e. The van der Waals surface area contributed by atoms with E-state index in [9.17, 15) is 18.8 Å². The maximum absolute atomic E-state index is 14.4. The average Bonchev–Trinajstić information content (AvgIpc) is 2.53. The van der Waals surface area contributed by atoms with E-state index in [2.05, 4.69) is 4.98 Å². The van der Waals surface area contributed by atoms with E-state index in [1.54, 1.807) is 13.0 Å². The Morgan fingerprint density at radius 3 is 2.72 bits per heavy atom. The van der Waals surface area contributed by atoms with Gasteiger partial charge in [0.05, 0.1) is 18.1 Å². The summed E-state index contributed by atoms with van der Waals surface area (Å²) in [6.07, 6.45) is 0. The van der Waals surface area contributed by atoms with Crippen LogP contribution in [0.3, 0.4) is 0 Å². The van der Waals surface area contributed by atoms with E-state index in [4.69, 9.17) is 15.2 Å². The number of carbonyl (C=O) groups is 1. The molecule has 130 valence electrons. The molecule has 0 aliphatic carbocycles. The van der Waals surface area contributed by atoms with E-state index in [1.165, 1.54) is 18.2 Å². The van der Waals surface area contributed by atoms with Crippen LogP contribution in [0.1, 0.15) is 24.0 Å². The molecule has 4 N–H and O–H groups in total. The zero-order valence-electron chi connectivity index (χ0n) is 13.1. The highest BCUT2D eigenvalue weighted by Gasteiger charge is 2.39. The maximum Gasteiger partial charge on any atom is 0.340 e. The van der Waals surface area contributed by atoms with Crippen molar-refractivity contribution in [2.24, 2.45) is 5.73 Å². The Bertz CT molecular complexity index is 992. The van der Waals surface area contributed by atoms with E-state index in [0.29, 0.717) is 0 Å². The van der Waals surface area contributed by atoms with E-state index in [0.717, 1.165) is 0 Å². The first-order valence-electron chi connectivity index (χ1n) is 7.39. The quantitative estimate of drug-likeness (QED) is 0.692. The largest absolute Gasteiger partial charge is 0.462 e. The molecule has 2 heterocycles. The zero-order chi connectivity index (χ0) is 18.1. The Hall–Kier alpha value is -3.36. The van der Waals surface area contributed by atoms with Crippen molar-refractivity contribution < 1.29 is 18.7 Å². The molecule has 1 aliphatic rings. The molecule has 1 atom stereocenters. The molecule has 1 aromatic carbocycles. The SMILES string of the molecule is CCOC(=O)C1=C(N)Oc2[nH]c(=O)[nH]c(=O)c2[C@@H]1c1ccccc1F. The van der Waals surface area contributed by atoms with Crippen molar-refractivity contribution in [1.82, 2.24) is 9.97 Å². The molecule has 0 spiro atoms. The summed E-state index contributed by atoms with van der Waals surface area (Å²) in [6, 6.07) is 5.61. The summed E-state index contributed by atoms with van der Waals surface area (Å²) in [7, 11) is 0. The normalized spacial score (nSPS) is 16.2. The Morgan fingerprint density at radius 1 is 1.32 bits per heavy atom. The standard InChI is InChI=1S/C16H14FN3O5/c1-2-24-15(22)10-9(7-5-3-4-6-8(7)17)11-13(21)19-16(23)20-14(11)25-12(10)18/h3-6,9H,2,18H2,1H3,(H2,19,20,21,23)/t9-/m1/s1. The minimum absolute atomic E-state index is 0.0237. The highest BCUT2D eigenvalue weighted by molar-refractivity contribution is 5.92. The molecule has 0 saturated heterocycles. The van der Waals surface area contributed by atoms with E-state index >= 15 is 0 Å². The number of fused-ring (bicyclic) bond motifs is 1. The summed E-state index contributed by atoms with van der Waals surface area (Å²) in [5.74, 6) is -3.30. The van der Waals surface area contributed by atoms with Gasteiger partial charge < -0.3 is 15.2 Å². The highest BCUT2D eigenvalue weighted by atomic mass is 19.1. The number of esters is 1. The van der Waals surface area contributed by atoms with Gasteiger partial charge in [-0.3, -0.25) is 14.8 Å². The number of nitrogens with two attached hydrogens (primary N) is 1. The number of halogens is 1. The third-order valence-electron chi connectivity index (χ3n) is 3.71. The Balaban J connectivity index is 2.32. The predicted molar refractivity (Wildman–Crippen MR) is 84.4 cm³/mol. The number of aromatic amines is 2. The molecular weight excluding hydrogens is 333 g/mol. The lowest BCUT2D eigenvalue weighted by Gasteiger charge is -2.27. The van der Waals surface area contributed by atoms with Crippen molar-refractivity contribution in [3.63, 3.8) is 0 Å². The number of nitrogens with one attached hydrogen (secondary N) is 2. The first-order valence-corrected chi connectivity index (χ1v) is 7.39. The van der Waals surface area contributed by atoms with Crippen LogP contribution in [0.4, 0.5) is 4.39 Å². The molecule has 9 heteroatoms. The van der Waals surface area contributed by atoms with Crippen molar-refractivity contribution in [3.8, 4) is 5.88 Å². The fourth-order valence-electron chi connectivity index (χ4n) is 2.72. The number of benzene rings is 1. The van der Waals surface area contributed by atoms with E-state index < -0.39 is 29.0 Å². The Morgan fingerprint density at radius 2 is 2.04 bits per heavy atom. The molecule has 25 heavy (non-hydrogen) atoms. The second-order valence-corrected chi connectivity index (χ2v) is 5.21. The van der Waals surface area contributed by atoms with Gasteiger partial charge in [-0.25, -0.2) is 14.0 Å². The first-order chi connectivity index (χ1) is 11.9. The van der Waals surface area contributed by atoms with Crippen LogP contribution in [0.25, 0.3) is 0 Å². The second-order valence-electron chi connectivity index (χ2n) is 5.21. The first kappa shape index (κ1) is 16.5. The molecule has 0 bridgehead atoms. The number of rotatable bonds is 3. The third-order valence-corrected chi connectivity index (χ3v) is 3.71. The van der Waals surface area contributed by atoms with Gasteiger partial charge in [0.1, 0.15) is 11.4 Å². The molecule has 1 aliphatic heterocycles. The molecule has 0 fully saturated rings. The van der Waals surface area contributed by atoms with E-state index in [1.807, 2.05) is 4.98 Å². The number of hydrogen-bond donors (Lipinski definition) is 3. The van der Waals surface area contributed by atoms with Crippen LogP contribution in [0.15, 0.2) is 45.3 Å². The molecule has 0 unspecified atom stereocenters. The molecule has 0 saturated carbocycles. The number of ether oxygens (including phenoxy) is 2. The third kappa shape index (κ3) is 2.80. The minimum atomic E-state index is -1.19.